The molecule has 1 saturated heterocycles. The molecule has 0 unspecified atom stereocenters. The molecule has 132 valence electrons. The van der Waals surface area contributed by atoms with E-state index in [1.807, 2.05) is 11.8 Å². The van der Waals surface area contributed by atoms with Gasteiger partial charge in [-0.15, -0.1) is 0 Å². The van der Waals surface area contributed by atoms with Gasteiger partial charge in [-0.1, -0.05) is 25.7 Å². The zero-order valence-electron chi connectivity index (χ0n) is 15.3. The zero-order chi connectivity index (χ0) is 17.3. The topological polar surface area (TPSA) is 48.0 Å². The summed E-state index contributed by atoms with van der Waals surface area (Å²) < 4.78 is 16.7. The van der Waals surface area contributed by atoms with Gasteiger partial charge >= 0.3 is 0 Å². The van der Waals surface area contributed by atoms with Crippen LogP contribution in [0.15, 0.2) is 11.3 Å². The summed E-state index contributed by atoms with van der Waals surface area (Å²) in [5.41, 5.74) is -0.827. The lowest BCUT2D eigenvalue weighted by atomic mass is 10.0. The Hall–Kier alpha value is -0.693. The van der Waals surface area contributed by atoms with E-state index in [4.69, 9.17) is 14.2 Å². The number of carbonyl (C=O) groups excluding carboxylic acids is 1. The molecule has 0 radical (unpaired) electrons. The van der Waals surface area contributed by atoms with Crippen LogP contribution < -0.4 is 0 Å². The molecule has 2 rings (SSSR count). The molecule has 2 aliphatic rings. The fourth-order valence-corrected chi connectivity index (χ4v) is 6.32. The van der Waals surface area contributed by atoms with Crippen molar-refractivity contribution < 1.29 is 19.0 Å². The van der Waals surface area contributed by atoms with Gasteiger partial charge in [-0.05, 0) is 25.0 Å². The van der Waals surface area contributed by atoms with Gasteiger partial charge in [0.2, 0.25) is 0 Å². The second-order valence-electron chi connectivity index (χ2n) is 7.72. The molecule has 0 bridgehead atoms. The van der Waals surface area contributed by atoms with Crippen molar-refractivity contribution in [3.63, 3.8) is 0 Å². The summed E-state index contributed by atoms with van der Waals surface area (Å²) in [6.45, 7) is 10.4. The molecule has 0 aromatic carbocycles. The summed E-state index contributed by atoms with van der Waals surface area (Å²) in [6.07, 6.45) is 4.03. The highest BCUT2D eigenvalue weighted by atomic mass is 28.3. The molecular weight excluding hydrogens is 310 g/mol. The minimum absolute atomic E-state index is 0.0743. The van der Waals surface area contributed by atoms with Crippen LogP contribution in [-0.4, -0.2) is 70.6 Å². The van der Waals surface area contributed by atoms with E-state index >= 15 is 0 Å². The molecule has 3 atom stereocenters. The third kappa shape index (κ3) is 3.55. The number of amides is 1. The monoisotopic (exact) mass is 341 g/mol. The van der Waals surface area contributed by atoms with Crippen molar-refractivity contribution in [2.75, 3.05) is 34.0 Å². The quantitative estimate of drug-likeness (QED) is 0.695. The van der Waals surface area contributed by atoms with Gasteiger partial charge in [-0.2, -0.15) is 0 Å². The summed E-state index contributed by atoms with van der Waals surface area (Å²) in [4.78, 5) is 15.4. The van der Waals surface area contributed by atoms with Gasteiger partial charge in [0.25, 0.3) is 5.91 Å². The standard InChI is InChI=1S/C17H31NO4Si/c1-17(15(9-10-22-17)23(4,5)6)16(19)18-13(11-20-2)7-8-14(18)12-21-3/h9,13-14H,7-8,10-12H2,1-6H3/t13-,14-,17-/m0/s1. The van der Waals surface area contributed by atoms with E-state index in [0.717, 1.165) is 12.8 Å². The predicted octanol–water partition coefficient (Wildman–Crippen LogP) is 2.23. The van der Waals surface area contributed by atoms with Gasteiger partial charge in [0, 0.05) is 14.2 Å². The Morgan fingerprint density at radius 3 is 2.22 bits per heavy atom. The first-order valence-corrected chi connectivity index (χ1v) is 11.9. The van der Waals surface area contributed by atoms with E-state index < -0.39 is 13.7 Å². The van der Waals surface area contributed by atoms with Crippen molar-refractivity contribution in [3.05, 3.63) is 11.3 Å². The van der Waals surface area contributed by atoms with Gasteiger partial charge < -0.3 is 19.1 Å². The van der Waals surface area contributed by atoms with Crippen molar-refractivity contribution >= 4 is 14.0 Å². The van der Waals surface area contributed by atoms with E-state index in [0.29, 0.717) is 19.8 Å². The molecule has 6 heteroatoms. The van der Waals surface area contributed by atoms with E-state index in [1.165, 1.54) is 5.20 Å². The molecule has 0 saturated carbocycles. The van der Waals surface area contributed by atoms with Crippen LogP contribution in [0.4, 0.5) is 0 Å². The summed E-state index contributed by atoms with van der Waals surface area (Å²) in [5.74, 6) is 0.0743. The molecule has 1 amide bonds. The highest BCUT2D eigenvalue weighted by Crippen LogP contribution is 2.38. The van der Waals surface area contributed by atoms with Crippen LogP contribution >= 0.6 is 0 Å². The van der Waals surface area contributed by atoms with Gasteiger partial charge in [-0.3, -0.25) is 4.79 Å². The third-order valence-electron chi connectivity index (χ3n) is 4.96. The lowest BCUT2D eigenvalue weighted by molar-refractivity contribution is -0.153. The first-order valence-electron chi connectivity index (χ1n) is 8.41. The number of likely N-dealkylation sites (tertiary alicyclic amines) is 1. The van der Waals surface area contributed by atoms with Crippen molar-refractivity contribution in [3.8, 4) is 0 Å². The highest BCUT2D eigenvalue weighted by molar-refractivity contribution is 6.84. The number of hydrogen-bond acceptors (Lipinski definition) is 4. The smallest absolute Gasteiger partial charge is 0.259 e. The maximum Gasteiger partial charge on any atom is 0.259 e. The van der Waals surface area contributed by atoms with E-state index in [2.05, 4.69) is 25.7 Å². The molecular formula is C17H31NO4Si. The number of nitrogens with zero attached hydrogens (tertiary/aromatic N) is 1. The maximum atomic E-state index is 13.5. The van der Waals surface area contributed by atoms with Gasteiger partial charge in [0.05, 0.1) is 40.0 Å². The first-order chi connectivity index (χ1) is 10.8. The van der Waals surface area contributed by atoms with E-state index in [9.17, 15) is 4.79 Å². The van der Waals surface area contributed by atoms with Crippen LogP contribution in [0.2, 0.25) is 19.6 Å². The van der Waals surface area contributed by atoms with Crippen LogP contribution in [0.5, 0.6) is 0 Å². The number of carbonyl (C=O) groups is 1. The Balaban J connectivity index is 2.30. The fourth-order valence-electron chi connectivity index (χ4n) is 4.01. The highest BCUT2D eigenvalue weighted by Gasteiger charge is 2.51. The Kier molecular flexibility index (Phi) is 5.71. The first kappa shape index (κ1) is 18.6. The van der Waals surface area contributed by atoms with Crippen LogP contribution in [0.3, 0.4) is 0 Å². The average molecular weight is 342 g/mol. The molecule has 23 heavy (non-hydrogen) atoms. The third-order valence-corrected chi connectivity index (χ3v) is 7.26. The van der Waals surface area contributed by atoms with Crippen molar-refractivity contribution in [1.82, 2.24) is 4.90 Å². The Morgan fingerprint density at radius 1 is 1.26 bits per heavy atom. The fraction of sp³-hybridized carbons (Fsp3) is 0.824. The lowest BCUT2D eigenvalue weighted by Crippen LogP contribution is -2.57. The summed E-state index contributed by atoms with van der Waals surface area (Å²) in [6, 6.07) is 0.216. The normalized spacial score (nSPS) is 31.6. The maximum absolute atomic E-state index is 13.5. The summed E-state index contributed by atoms with van der Waals surface area (Å²) in [7, 11) is 1.75. The molecule has 0 aromatic heterocycles. The Morgan fingerprint density at radius 2 is 1.78 bits per heavy atom. The minimum Gasteiger partial charge on any atom is -0.383 e. The lowest BCUT2D eigenvalue weighted by Gasteiger charge is -2.39. The molecule has 1 fully saturated rings. The van der Waals surface area contributed by atoms with Crippen LogP contribution in [0.25, 0.3) is 0 Å². The van der Waals surface area contributed by atoms with Crippen molar-refractivity contribution in [2.45, 2.75) is 57.1 Å². The number of ether oxygens (including phenoxy) is 3. The SMILES string of the molecule is COC[C@@H]1CC[C@@H](COC)N1C(=O)[C@@]1(C)OCC=C1[Si](C)(C)C. The number of rotatable bonds is 6. The average Bonchev–Trinajstić information content (AvgIpc) is 3.04. The van der Waals surface area contributed by atoms with E-state index in [-0.39, 0.29) is 18.0 Å². The second kappa shape index (κ2) is 7.05. The van der Waals surface area contributed by atoms with Crippen LogP contribution in [0.1, 0.15) is 19.8 Å². The second-order valence-corrected chi connectivity index (χ2v) is 12.8. The van der Waals surface area contributed by atoms with Crippen LogP contribution in [0, 0.1) is 0 Å². The van der Waals surface area contributed by atoms with Crippen molar-refractivity contribution in [1.29, 1.82) is 0 Å². The molecule has 0 aromatic rings. The molecule has 2 heterocycles. The van der Waals surface area contributed by atoms with Gasteiger partial charge in [-0.25, -0.2) is 0 Å². The largest absolute Gasteiger partial charge is 0.383 e. The summed E-state index contributed by atoms with van der Waals surface area (Å²) in [5, 5.41) is 1.20. The zero-order valence-corrected chi connectivity index (χ0v) is 16.3. The molecule has 0 spiro atoms. The minimum atomic E-state index is -1.63. The van der Waals surface area contributed by atoms with Gasteiger partial charge in [0.1, 0.15) is 0 Å². The molecule has 5 nitrogen and oxygen atoms in total. The number of hydrogen-bond donors (Lipinski definition) is 0. The predicted molar refractivity (Wildman–Crippen MR) is 93.2 cm³/mol. The molecule has 2 aliphatic heterocycles. The van der Waals surface area contributed by atoms with E-state index in [1.54, 1.807) is 14.2 Å². The molecule has 0 aliphatic carbocycles. The summed E-state index contributed by atoms with van der Waals surface area (Å²) >= 11 is 0. The Labute approximate surface area is 141 Å². The Bertz CT molecular complexity index is 460. The van der Waals surface area contributed by atoms with Gasteiger partial charge in [0.15, 0.2) is 5.60 Å². The van der Waals surface area contributed by atoms with Crippen molar-refractivity contribution in [2.24, 2.45) is 0 Å². The molecule has 0 N–H and O–H groups in total. The number of methoxy groups -OCH3 is 2. The van der Waals surface area contributed by atoms with Crippen LogP contribution in [-0.2, 0) is 19.0 Å².